The van der Waals surface area contributed by atoms with Gasteiger partial charge in [-0.1, -0.05) is 12.8 Å². The van der Waals surface area contributed by atoms with Gasteiger partial charge in [-0.15, -0.1) is 0 Å². The highest BCUT2D eigenvalue weighted by Gasteiger charge is 2.35. The lowest BCUT2D eigenvalue weighted by Gasteiger charge is -2.37. The van der Waals surface area contributed by atoms with Crippen molar-refractivity contribution in [3.63, 3.8) is 0 Å². The molecule has 0 radical (unpaired) electrons. The summed E-state index contributed by atoms with van der Waals surface area (Å²) in [6.45, 7) is 3.07. The molecule has 1 aliphatic carbocycles. The van der Waals surface area contributed by atoms with Crippen LogP contribution < -0.4 is 5.73 Å². The molecule has 1 aliphatic heterocycles. The first kappa shape index (κ1) is 11.9. The Kier molecular flexibility index (Phi) is 3.50. The van der Waals surface area contributed by atoms with E-state index in [0.29, 0.717) is 19.5 Å². The summed E-state index contributed by atoms with van der Waals surface area (Å²) in [4.78, 5) is 13.6. The lowest BCUT2D eigenvalue weighted by atomic mass is 9.89. The maximum Gasteiger partial charge on any atom is 0.239 e. The third-order valence-corrected chi connectivity index (χ3v) is 3.73. The lowest BCUT2D eigenvalue weighted by molar-refractivity contribution is -0.136. The molecule has 0 bridgehead atoms. The van der Waals surface area contributed by atoms with E-state index in [1.165, 1.54) is 12.8 Å². The van der Waals surface area contributed by atoms with Crippen LogP contribution in [0.3, 0.4) is 0 Å². The molecule has 3 atom stereocenters. The fourth-order valence-electron chi connectivity index (χ4n) is 2.52. The van der Waals surface area contributed by atoms with Gasteiger partial charge in [-0.3, -0.25) is 4.79 Å². The topological polar surface area (TPSA) is 66.6 Å². The number of carbonyl (C=O) groups is 1. The molecule has 1 saturated carbocycles. The molecule has 0 unspecified atom stereocenters. The van der Waals surface area contributed by atoms with E-state index in [1.54, 1.807) is 6.92 Å². The van der Waals surface area contributed by atoms with Crippen LogP contribution in [0.2, 0.25) is 0 Å². The predicted octanol–water partition coefficient (Wildman–Crippen LogP) is 0.343. The van der Waals surface area contributed by atoms with Gasteiger partial charge in [0.1, 0.15) is 0 Å². The van der Waals surface area contributed by atoms with Gasteiger partial charge in [0.05, 0.1) is 12.1 Å². The number of amides is 1. The molecule has 3 N–H and O–H groups in total. The van der Waals surface area contributed by atoms with Crippen LogP contribution in [0.15, 0.2) is 0 Å². The van der Waals surface area contributed by atoms with Crippen LogP contribution in [0.1, 0.15) is 32.6 Å². The molecule has 16 heavy (non-hydrogen) atoms. The second-order valence-electron chi connectivity index (χ2n) is 5.37. The Balaban J connectivity index is 1.90. The molecule has 0 spiro atoms. The molecule has 4 heteroatoms. The minimum atomic E-state index is -0.420. The van der Waals surface area contributed by atoms with Crippen LogP contribution in [-0.2, 0) is 4.79 Å². The average Bonchev–Trinajstić information content (AvgIpc) is 3.04. The Morgan fingerprint density at radius 2 is 2.19 bits per heavy atom. The number of aliphatic hydroxyl groups is 1. The van der Waals surface area contributed by atoms with E-state index < -0.39 is 6.04 Å². The predicted molar refractivity (Wildman–Crippen MR) is 61.7 cm³/mol. The maximum atomic E-state index is 11.8. The van der Waals surface area contributed by atoms with Gasteiger partial charge in [-0.05, 0) is 25.7 Å². The van der Waals surface area contributed by atoms with Crippen LogP contribution in [0, 0.1) is 11.8 Å². The highest BCUT2D eigenvalue weighted by molar-refractivity contribution is 5.81. The van der Waals surface area contributed by atoms with E-state index in [1.807, 2.05) is 4.90 Å². The molecular weight excluding hydrogens is 204 g/mol. The highest BCUT2D eigenvalue weighted by Crippen LogP contribution is 2.37. The highest BCUT2D eigenvalue weighted by atomic mass is 16.3. The number of rotatable bonds is 3. The molecular formula is C12H22N2O2. The number of piperidine rings is 1. The molecule has 1 saturated heterocycles. The third kappa shape index (κ3) is 2.74. The maximum absolute atomic E-state index is 11.8. The summed E-state index contributed by atoms with van der Waals surface area (Å²) in [7, 11) is 0. The third-order valence-electron chi connectivity index (χ3n) is 3.73. The summed E-state index contributed by atoms with van der Waals surface area (Å²) < 4.78 is 0. The van der Waals surface area contributed by atoms with Gasteiger partial charge in [-0.25, -0.2) is 0 Å². The van der Waals surface area contributed by atoms with Gasteiger partial charge < -0.3 is 15.7 Å². The van der Waals surface area contributed by atoms with Crippen molar-refractivity contribution >= 4 is 5.91 Å². The van der Waals surface area contributed by atoms with Crippen LogP contribution >= 0.6 is 0 Å². The number of aliphatic hydroxyl groups excluding tert-OH is 1. The zero-order valence-electron chi connectivity index (χ0n) is 9.93. The van der Waals surface area contributed by atoms with Crippen molar-refractivity contribution < 1.29 is 9.90 Å². The van der Waals surface area contributed by atoms with E-state index in [0.717, 1.165) is 12.3 Å². The van der Waals surface area contributed by atoms with Gasteiger partial charge >= 0.3 is 0 Å². The lowest BCUT2D eigenvalue weighted by Crippen LogP contribution is -2.50. The minimum Gasteiger partial charge on any atom is -0.393 e. The zero-order valence-corrected chi connectivity index (χ0v) is 9.93. The van der Waals surface area contributed by atoms with Crippen LogP contribution in [0.25, 0.3) is 0 Å². The number of likely N-dealkylation sites (tertiary alicyclic amines) is 1. The minimum absolute atomic E-state index is 0.0210. The van der Waals surface area contributed by atoms with E-state index in [2.05, 4.69) is 0 Å². The van der Waals surface area contributed by atoms with E-state index in [9.17, 15) is 9.90 Å². The molecule has 0 aromatic carbocycles. The van der Waals surface area contributed by atoms with Crippen molar-refractivity contribution in [1.29, 1.82) is 0 Å². The second kappa shape index (κ2) is 4.72. The second-order valence-corrected chi connectivity index (χ2v) is 5.37. The van der Waals surface area contributed by atoms with Gasteiger partial charge in [0.15, 0.2) is 0 Å². The smallest absolute Gasteiger partial charge is 0.239 e. The summed E-state index contributed by atoms with van der Waals surface area (Å²) in [6.07, 6.45) is 4.15. The number of hydrogen-bond acceptors (Lipinski definition) is 3. The number of carbonyl (C=O) groups excluding carboxylic acids is 1. The van der Waals surface area contributed by atoms with Gasteiger partial charge in [0, 0.05) is 19.0 Å². The first-order valence-electron chi connectivity index (χ1n) is 6.30. The Labute approximate surface area is 96.8 Å². The first-order chi connectivity index (χ1) is 7.58. The van der Waals surface area contributed by atoms with Crippen molar-refractivity contribution in [3.8, 4) is 0 Å². The molecule has 2 fully saturated rings. The Morgan fingerprint density at radius 3 is 2.75 bits per heavy atom. The quantitative estimate of drug-likeness (QED) is 0.729. The number of nitrogens with zero attached hydrogens (tertiary/aromatic N) is 1. The molecule has 0 aromatic rings. The summed E-state index contributed by atoms with van der Waals surface area (Å²) >= 11 is 0. The molecule has 0 aromatic heterocycles. The molecule has 1 amide bonds. The monoisotopic (exact) mass is 226 g/mol. The van der Waals surface area contributed by atoms with Gasteiger partial charge in [0.25, 0.3) is 0 Å². The number of nitrogens with two attached hydrogens (primary N) is 1. The zero-order chi connectivity index (χ0) is 11.7. The largest absolute Gasteiger partial charge is 0.393 e. The van der Waals surface area contributed by atoms with Crippen LogP contribution in [-0.4, -0.2) is 41.1 Å². The molecule has 1 heterocycles. The van der Waals surface area contributed by atoms with Crippen LogP contribution in [0.4, 0.5) is 0 Å². The molecule has 2 rings (SSSR count). The Morgan fingerprint density at radius 1 is 1.50 bits per heavy atom. The summed E-state index contributed by atoms with van der Waals surface area (Å²) in [6, 6.07) is -0.420. The summed E-state index contributed by atoms with van der Waals surface area (Å²) in [5, 5.41) is 9.91. The fraction of sp³-hybridized carbons (Fsp3) is 0.917. The molecule has 92 valence electrons. The van der Waals surface area contributed by atoms with Crippen molar-refractivity contribution in [2.45, 2.75) is 44.8 Å². The van der Waals surface area contributed by atoms with E-state index in [-0.39, 0.29) is 17.9 Å². The fourth-order valence-corrected chi connectivity index (χ4v) is 2.52. The number of hydrogen-bond donors (Lipinski definition) is 2. The Hall–Kier alpha value is -0.610. The standard InChI is InChI=1S/C12H22N2O2/c1-8(13)12(16)14-5-4-11(15)10(7-14)6-9-2-3-9/h8-11,15H,2-7,13H2,1H3/t8-,10+,11-/m0/s1. The van der Waals surface area contributed by atoms with Gasteiger partial charge in [-0.2, -0.15) is 0 Å². The average molecular weight is 226 g/mol. The van der Waals surface area contributed by atoms with Crippen LogP contribution in [0.5, 0.6) is 0 Å². The van der Waals surface area contributed by atoms with Gasteiger partial charge in [0.2, 0.25) is 5.91 Å². The normalized spacial score (nSPS) is 32.6. The first-order valence-corrected chi connectivity index (χ1v) is 6.30. The van der Waals surface area contributed by atoms with E-state index >= 15 is 0 Å². The van der Waals surface area contributed by atoms with Crippen molar-refractivity contribution in [1.82, 2.24) is 4.90 Å². The van der Waals surface area contributed by atoms with Crippen molar-refractivity contribution in [2.75, 3.05) is 13.1 Å². The van der Waals surface area contributed by atoms with Crippen molar-refractivity contribution in [3.05, 3.63) is 0 Å². The summed E-state index contributed by atoms with van der Waals surface area (Å²) in [5.74, 6) is 1.08. The molecule has 4 nitrogen and oxygen atoms in total. The SMILES string of the molecule is C[C@H](N)C(=O)N1CC[C@H](O)[C@H](CC2CC2)C1. The Bertz CT molecular complexity index is 264. The summed E-state index contributed by atoms with van der Waals surface area (Å²) in [5.41, 5.74) is 5.61. The van der Waals surface area contributed by atoms with Crippen molar-refractivity contribution in [2.24, 2.45) is 17.6 Å². The van der Waals surface area contributed by atoms with E-state index in [4.69, 9.17) is 5.73 Å². The molecule has 2 aliphatic rings.